The first-order valence-corrected chi connectivity index (χ1v) is 11.9. The normalized spacial score (nSPS) is 17.3. The van der Waals surface area contributed by atoms with Gasteiger partial charge in [0, 0.05) is 43.3 Å². The van der Waals surface area contributed by atoms with Gasteiger partial charge in [-0.25, -0.2) is 4.98 Å². The molecule has 2 aromatic carbocycles. The van der Waals surface area contributed by atoms with E-state index in [9.17, 15) is 10.1 Å². The van der Waals surface area contributed by atoms with Crippen molar-refractivity contribution in [1.29, 1.82) is 10.5 Å². The quantitative estimate of drug-likeness (QED) is 0.616. The Morgan fingerprint density at radius 3 is 2.49 bits per heavy atom. The Morgan fingerprint density at radius 2 is 1.83 bits per heavy atom. The molecule has 3 heterocycles. The van der Waals surface area contributed by atoms with Crippen LogP contribution >= 0.6 is 0 Å². The molecule has 176 valence electrons. The van der Waals surface area contributed by atoms with E-state index in [0.717, 1.165) is 28.1 Å². The van der Waals surface area contributed by atoms with Crippen LogP contribution in [0, 0.1) is 36.5 Å². The summed E-state index contributed by atoms with van der Waals surface area (Å²) in [5.74, 6) is 0.974. The number of nitrogens with one attached hydrogen (secondary N) is 1. The van der Waals surface area contributed by atoms with E-state index in [-0.39, 0.29) is 11.8 Å². The van der Waals surface area contributed by atoms with Crippen molar-refractivity contribution in [2.75, 3.05) is 26.3 Å². The molecule has 5 rings (SSSR count). The molecule has 7 nitrogen and oxygen atoms in total. The first-order chi connectivity index (χ1) is 16.9. The van der Waals surface area contributed by atoms with Crippen LogP contribution in [0.4, 0.5) is 0 Å². The lowest BCUT2D eigenvalue weighted by atomic mass is 9.81. The number of rotatable bonds is 4. The van der Waals surface area contributed by atoms with E-state index < -0.39 is 5.41 Å². The lowest BCUT2D eigenvalue weighted by Crippen LogP contribution is -2.48. The number of likely N-dealkylation sites (tertiary alicyclic amines) is 1. The largest absolute Gasteiger partial charge is 0.381 e. The predicted molar refractivity (Wildman–Crippen MR) is 131 cm³/mol. The Bertz CT molecular complexity index is 1350. The summed E-state index contributed by atoms with van der Waals surface area (Å²) in [6.45, 7) is 6.37. The van der Waals surface area contributed by atoms with E-state index in [0.29, 0.717) is 56.1 Å². The van der Waals surface area contributed by atoms with Gasteiger partial charge in [0.1, 0.15) is 11.2 Å². The number of carbonyl (C=O) groups is 1. The number of hydrogen-bond acceptors (Lipinski definition) is 5. The van der Waals surface area contributed by atoms with Crippen LogP contribution in [0.25, 0.3) is 11.3 Å². The monoisotopic (exact) mass is 465 g/mol. The Hall–Kier alpha value is -3.94. The van der Waals surface area contributed by atoms with Gasteiger partial charge >= 0.3 is 0 Å². The third kappa shape index (κ3) is 4.09. The number of amides is 1. The maximum Gasteiger partial charge on any atom is 0.253 e. The maximum atomic E-state index is 13.2. The second kappa shape index (κ2) is 9.02. The second-order valence-electron chi connectivity index (χ2n) is 9.52. The molecule has 0 bridgehead atoms. The number of hydrogen-bond donors (Lipinski definition) is 1. The molecule has 1 amide bonds. The number of nitriles is 2. The van der Waals surface area contributed by atoms with Crippen LogP contribution in [0.3, 0.4) is 0 Å². The van der Waals surface area contributed by atoms with Crippen LogP contribution in [-0.4, -0.2) is 47.1 Å². The van der Waals surface area contributed by atoms with Crippen LogP contribution in [-0.2, 0) is 10.2 Å². The Balaban J connectivity index is 1.36. The van der Waals surface area contributed by atoms with Crippen molar-refractivity contribution < 1.29 is 9.53 Å². The van der Waals surface area contributed by atoms with E-state index in [2.05, 4.69) is 17.1 Å². The second-order valence-corrected chi connectivity index (χ2v) is 9.52. The highest BCUT2D eigenvalue weighted by atomic mass is 16.5. The number of aromatic nitrogens is 2. The fourth-order valence-electron chi connectivity index (χ4n) is 4.96. The zero-order valence-electron chi connectivity index (χ0n) is 20.0. The summed E-state index contributed by atoms with van der Waals surface area (Å²) in [4.78, 5) is 23.3. The highest BCUT2D eigenvalue weighted by Gasteiger charge is 2.38. The Labute approximate surface area is 205 Å². The molecule has 2 aliphatic rings. The third-order valence-corrected chi connectivity index (χ3v) is 7.33. The SMILES string of the molecule is Cc1ccc(C(=O)N2CC(c3ccc(C#N)cc3)C2)cc1-c1[nH]c(C2(C#N)CCOCC2)nc1C. The summed E-state index contributed by atoms with van der Waals surface area (Å²) < 4.78 is 5.47. The van der Waals surface area contributed by atoms with E-state index in [1.54, 1.807) is 0 Å². The van der Waals surface area contributed by atoms with Gasteiger partial charge in [-0.15, -0.1) is 0 Å². The van der Waals surface area contributed by atoms with Gasteiger partial charge in [-0.2, -0.15) is 10.5 Å². The van der Waals surface area contributed by atoms with Gasteiger partial charge in [0.05, 0.1) is 29.1 Å². The van der Waals surface area contributed by atoms with Crippen molar-refractivity contribution >= 4 is 5.91 Å². The zero-order valence-corrected chi connectivity index (χ0v) is 20.0. The molecule has 1 aromatic heterocycles. The van der Waals surface area contributed by atoms with Gasteiger partial charge < -0.3 is 14.6 Å². The molecule has 0 aliphatic carbocycles. The molecule has 3 aromatic rings. The molecule has 0 saturated carbocycles. The van der Waals surface area contributed by atoms with Crippen LogP contribution in [0.2, 0.25) is 0 Å². The van der Waals surface area contributed by atoms with E-state index in [1.165, 1.54) is 0 Å². The zero-order chi connectivity index (χ0) is 24.6. The van der Waals surface area contributed by atoms with Crippen molar-refractivity contribution in [2.24, 2.45) is 0 Å². The lowest BCUT2D eigenvalue weighted by molar-refractivity contribution is 0.0602. The molecule has 35 heavy (non-hydrogen) atoms. The number of imidazole rings is 1. The molecule has 2 saturated heterocycles. The lowest BCUT2D eigenvalue weighted by Gasteiger charge is -2.39. The minimum atomic E-state index is -0.666. The molecule has 0 unspecified atom stereocenters. The van der Waals surface area contributed by atoms with Crippen molar-refractivity contribution in [3.63, 3.8) is 0 Å². The van der Waals surface area contributed by atoms with Gasteiger partial charge in [0.15, 0.2) is 0 Å². The molecule has 7 heteroatoms. The fourth-order valence-corrected chi connectivity index (χ4v) is 4.96. The standard InChI is InChI=1S/C28H27N5O2/c1-18-3-6-22(26(34)33-15-23(16-33)21-7-4-20(14-29)5-8-21)13-24(18)25-19(2)31-27(32-25)28(17-30)9-11-35-12-10-28/h3-8,13,23H,9-12,15-16H2,1-2H3,(H,31,32). The number of ether oxygens (including phenoxy) is 1. The molecule has 2 fully saturated rings. The van der Waals surface area contributed by atoms with E-state index in [1.807, 2.05) is 61.2 Å². The number of benzene rings is 2. The number of aromatic amines is 1. The fraction of sp³-hybridized carbons (Fsp3) is 0.357. The van der Waals surface area contributed by atoms with Gasteiger partial charge in [-0.3, -0.25) is 4.79 Å². The molecule has 0 spiro atoms. The van der Waals surface area contributed by atoms with Gasteiger partial charge in [0.2, 0.25) is 0 Å². The number of nitrogens with zero attached hydrogens (tertiary/aromatic N) is 4. The number of aryl methyl sites for hydroxylation is 2. The van der Waals surface area contributed by atoms with E-state index >= 15 is 0 Å². The van der Waals surface area contributed by atoms with Crippen LogP contribution in [0.1, 0.15) is 57.3 Å². The minimum absolute atomic E-state index is 0.00598. The summed E-state index contributed by atoms with van der Waals surface area (Å²) in [6, 6.07) is 18.0. The summed E-state index contributed by atoms with van der Waals surface area (Å²) in [6.07, 6.45) is 1.23. The van der Waals surface area contributed by atoms with Crippen molar-refractivity contribution in [1.82, 2.24) is 14.9 Å². The number of carbonyl (C=O) groups excluding carboxylic acids is 1. The molecule has 0 radical (unpaired) electrons. The summed E-state index contributed by atoms with van der Waals surface area (Å²) in [7, 11) is 0. The first kappa shape index (κ1) is 22.8. The van der Waals surface area contributed by atoms with Gasteiger partial charge in [0.25, 0.3) is 5.91 Å². The van der Waals surface area contributed by atoms with Crippen molar-refractivity contribution in [3.05, 3.63) is 76.2 Å². The van der Waals surface area contributed by atoms with Gasteiger partial charge in [-0.05, 0) is 62.1 Å². The van der Waals surface area contributed by atoms with Crippen molar-refractivity contribution in [3.8, 4) is 23.4 Å². The molecule has 0 atom stereocenters. The predicted octanol–water partition coefficient (Wildman–Crippen LogP) is 4.38. The average molecular weight is 466 g/mol. The van der Waals surface area contributed by atoms with E-state index in [4.69, 9.17) is 15.0 Å². The summed E-state index contributed by atoms with van der Waals surface area (Å²) in [5, 5.41) is 18.9. The van der Waals surface area contributed by atoms with Crippen LogP contribution in [0.15, 0.2) is 42.5 Å². The summed E-state index contributed by atoms with van der Waals surface area (Å²) >= 11 is 0. The summed E-state index contributed by atoms with van der Waals surface area (Å²) in [5.41, 5.74) is 5.40. The highest BCUT2D eigenvalue weighted by molar-refractivity contribution is 5.96. The first-order valence-electron chi connectivity index (χ1n) is 11.9. The Kier molecular flexibility index (Phi) is 5.88. The maximum absolute atomic E-state index is 13.2. The molecule has 2 aliphatic heterocycles. The van der Waals surface area contributed by atoms with Gasteiger partial charge in [-0.1, -0.05) is 18.2 Å². The smallest absolute Gasteiger partial charge is 0.253 e. The molecular weight excluding hydrogens is 438 g/mol. The highest BCUT2D eigenvalue weighted by Crippen LogP contribution is 2.36. The third-order valence-electron chi connectivity index (χ3n) is 7.33. The molecule has 1 N–H and O–H groups in total. The topological polar surface area (TPSA) is 106 Å². The minimum Gasteiger partial charge on any atom is -0.381 e. The number of H-pyrrole nitrogens is 1. The van der Waals surface area contributed by atoms with Crippen LogP contribution in [0.5, 0.6) is 0 Å². The van der Waals surface area contributed by atoms with Crippen LogP contribution < -0.4 is 0 Å². The average Bonchev–Trinajstić information content (AvgIpc) is 3.26. The molecular formula is C28H27N5O2. The Morgan fingerprint density at radius 1 is 1.11 bits per heavy atom. The van der Waals surface area contributed by atoms with Crippen molar-refractivity contribution in [2.45, 2.75) is 38.0 Å².